The number of nitrogen functional groups attached to an aromatic ring is 1. The van der Waals surface area contributed by atoms with Gasteiger partial charge in [0.1, 0.15) is 0 Å². The van der Waals surface area contributed by atoms with Gasteiger partial charge in [0.05, 0.1) is 17.4 Å². The zero-order valence-corrected chi connectivity index (χ0v) is 12.0. The molecule has 0 saturated heterocycles. The molecule has 0 aliphatic heterocycles. The SMILES string of the molecule is Nc1cnccc1-c1nc(Cc2cccc(Br)c2)no1. The van der Waals surface area contributed by atoms with Gasteiger partial charge in [-0.25, -0.2) is 0 Å². The summed E-state index contributed by atoms with van der Waals surface area (Å²) in [6.07, 6.45) is 3.81. The number of pyridine rings is 1. The molecule has 0 amide bonds. The number of halogens is 1. The van der Waals surface area contributed by atoms with Crippen molar-refractivity contribution in [2.24, 2.45) is 0 Å². The van der Waals surface area contributed by atoms with E-state index < -0.39 is 0 Å². The second kappa shape index (κ2) is 5.42. The fourth-order valence-corrected chi connectivity index (χ4v) is 2.31. The Kier molecular flexibility index (Phi) is 3.47. The first-order valence-corrected chi connectivity index (χ1v) is 6.78. The van der Waals surface area contributed by atoms with E-state index in [0.29, 0.717) is 29.4 Å². The smallest absolute Gasteiger partial charge is 0.260 e. The minimum atomic E-state index is 0.412. The minimum Gasteiger partial charge on any atom is -0.397 e. The molecule has 2 aromatic heterocycles. The summed E-state index contributed by atoms with van der Waals surface area (Å²) in [6, 6.07) is 9.74. The summed E-state index contributed by atoms with van der Waals surface area (Å²) < 4.78 is 6.28. The average Bonchev–Trinajstić information content (AvgIpc) is 2.87. The number of rotatable bonds is 3. The van der Waals surface area contributed by atoms with E-state index in [9.17, 15) is 0 Å². The standard InChI is InChI=1S/C14H11BrN4O/c15-10-3-1-2-9(6-10)7-13-18-14(20-19-13)11-4-5-17-8-12(11)16/h1-6,8H,7,16H2. The zero-order valence-electron chi connectivity index (χ0n) is 10.5. The Hall–Kier alpha value is -2.21. The lowest BCUT2D eigenvalue weighted by molar-refractivity contribution is 0.424. The molecule has 100 valence electrons. The van der Waals surface area contributed by atoms with Crippen LogP contribution in [0.15, 0.2) is 51.7 Å². The van der Waals surface area contributed by atoms with Crippen LogP contribution in [0.1, 0.15) is 11.4 Å². The Morgan fingerprint density at radius 2 is 2.15 bits per heavy atom. The van der Waals surface area contributed by atoms with Gasteiger partial charge < -0.3 is 10.3 Å². The van der Waals surface area contributed by atoms with Crippen molar-refractivity contribution in [1.29, 1.82) is 0 Å². The maximum atomic E-state index is 5.84. The van der Waals surface area contributed by atoms with Crippen LogP contribution in [0.25, 0.3) is 11.5 Å². The van der Waals surface area contributed by atoms with Gasteiger partial charge in [-0.2, -0.15) is 4.98 Å². The third-order valence-electron chi connectivity index (χ3n) is 2.80. The summed E-state index contributed by atoms with van der Waals surface area (Å²) in [5.41, 5.74) is 8.16. The lowest BCUT2D eigenvalue weighted by Gasteiger charge is -1.98. The summed E-state index contributed by atoms with van der Waals surface area (Å²) in [5, 5.41) is 3.98. The molecule has 2 heterocycles. The largest absolute Gasteiger partial charge is 0.397 e. The molecule has 20 heavy (non-hydrogen) atoms. The summed E-state index contributed by atoms with van der Waals surface area (Å²) >= 11 is 3.44. The van der Waals surface area contributed by atoms with Crippen LogP contribution in [0.4, 0.5) is 5.69 Å². The summed E-state index contributed by atoms with van der Waals surface area (Å²) in [5.74, 6) is 1.03. The third-order valence-corrected chi connectivity index (χ3v) is 3.29. The average molecular weight is 331 g/mol. The first kappa shape index (κ1) is 12.8. The van der Waals surface area contributed by atoms with Gasteiger partial charge in [-0.05, 0) is 23.8 Å². The number of aromatic nitrogens is 3. The van der Waals surface area contributed by atoms with Crippen molar-refractivity contribution in [3.05, 3.63) is 58.6 Å². The lowest BCUT2D eigenvalue weighted by Crippen LogP contribution is -1.92. The fraction of sp³-hybridized carbons (Fsp3) is 0.0714. The topological polar surface area (TPSA) is 77.8 Å². The number of nitrogens with two attached hydrogens (primary N) is 1. The van der Waals surface area contributed by atoms with E-state index in [2.05, 4.69) is 31.1 Å². The van der Waals surface area contributed by atoms with Gasteiger partial charge in [0.25, 0.3) is 5.89 Å². The van der Waals surface area contributed by atoms with Crippen LogP contribution >= 0.6 is 15.9 Å². The van der Waals surface area contributed by atoms with Gasteiger partial charge in [0.15, 0.2) is 5.82 Å². The number of nitrogens with zero attached hydrogens (tertiary/aromatic N) is 3. The molecule has 0 radical (unpaired) electrons. The van der Waals surface area contributed by atoms with Crippen LogP contribution in [0, 0.1) is 0 Å². The van der Waals surface area contributed by atoms with E-state index in [1.54, 1.807) is 18.5 Å². The van der Waals surface area contributed by atoms with Gasteiger partial charge in [-0.15, -0.1) is 0 Å². The van der Waals surface area contributed by atoms with E-state index in [0.717, 1.165) is 10.0 Å². The van der Waals surface area contributed by atoms with E-state index in [-0.39, 0.29) is 0 Å². The molecule has 2 N–H and O–H groups in total. The number of benzene rings is 1. The Labute approximate surface area is 124 Å². The molecule has 0 aliphatic carbocycles. The summed E-state index contributed by atoms with van der Waals surface area (Å²) in [4.78, 5) is 8.30. The summed E-state index contributed by atoms with van der Waals surface area (Å²) in [7, 11) is 0. The highest BCUT2D eigenvalue weighted by Crippen LogP contribution is 2.23. The zero-order chi connectivity index (χ0) is 13.9. The molecule has 0 unspecified atom stereocenters. The van der Waals surface area contributed by atoms with Crippen LogP contribution in [-0.4, -0.2) is 15.1 Å². The Morgan fingerprint density at radius 1 is 1.25 bits per heavy atom. The molecule has 0 fully saturated rings. The third kappa shape index (κ3) is 2.70. The summed E-state index contributed by atoms with van der Waals surface area (Å²) in [6.45, 7) is 0. The van der Waals surface area contributed by atoms with Crippen molar-refractivity contribution in [2.75, 3.05) is 5.73 Å². The molecule has 0 spiro atoms. The molecule has 0 saturated carbocycles. The van der Waals surface area contributed by atoms with Crippen molar-refractivity contribution in [3.8, 4) is 11.5 Å². The highest BCUT2D eigenvalue weighted by molar-refractivity contribution is 9.10. The molecule has 0 aliphatic rings. The molecule has 5 nitrogen and oxygen atoms in total. The monoisotopic (exact) mass is 330 g/mol. The molecular formula is C14H11BrN4O. The molecule has 0 bridgehead atoms. The Morgan fingerprint density at radius 3 is 2.95 bits per heavy atom. The van der Waals surface area contributed by atoms with Crippen LogP contribution in [0.2, 0.25) is 0 Å². The predicted octanol–water partition coefficient (Wildman–Crippen LogP) is 3.07. The van der Waals surface area contributed by atoms with Gasteiger partial charge in [0, 0.05) is 17.1 Å². The van der Waals surface area contributed by atoms with Crippen molar-refractivity contribution < 1.29 is 4.52 Å². The van der Waals surface area contributed by atoms with Crippen LogP contribution < -0.4 is 5.73 Å². The number of hydrogen-bond donors (Lipinski definition) is 1. The number of anilines is 1. The molecule has 0 atom stereocenters. The van der Waals surface area contributed by atoms with Crippen LogP contribution in [-0.2, 0) is 6.42 Å². The predicted molar refractivity (Wildman–Crippen MR) is 78.9 cm³/mol. The van der Waals surface area contributed by atoms with Gasteiger partial charge in [-0.1, -0.05) is 33.2 Å². The fourth-order valence-electron chi connectivity index (χ4n) is 1.87. The van der Waals surface area contributed by atoms with Crippen LogP contribution in [0.3, 0.4) is 0 Å². The molecule has 6 heteroatoms. The molecule has 3 rings (SSSR count). The first-order chi connectivity index (χ1) is 9.72. The van der Waals surface area contributed by atoms with Crippen molar-refractivity contribution in [1.82, 2.24) is 15.1 Å². The van der Waals surface area contributed by atoms with E-state index in [1.165, 1.54) is 0 Å². The molecule has 1 aromatic carbocycles. The van der Waals surface area contributed by atoms with E-state index >= 15 is 0 Å². The highest BCUT2D eigenvalue weighted by Gasteiger charge is 2.11. The first-order valence-electron chi connectivity index (χ1n) is 5.99. The maximum Gasteiger partial charge on any atom is 0.260 e. The van der Waals surface area contributed by atoms with E-state index in [1.807, 2.05) is 24.3 Å². The normalized spacial score (nSPS) is 10.7. The highest BCUT2D eigenvalue weighted by atomic mass is 79.9. The lowest BCUT2D eigenvalue weighted by atomic mass is 10.1. The van der Waals surface area contributed by atoms with Crippen molar-refractivity contribution >= 4 is 21.6 Å². The maximum absolute atomic E-state index is 5.84. The molecular weight excluding hydrogens is 320 g/mol. The van der Waals surface area contributed by atoms with Gasteiger partial charge in [0.2, 0.25) is 0 Å². The minimum absolute atomic E-state index is 0.412. The van der Waals surface area contributed by atoms with Crippen LogP contribution in [0.5, 0.6) is 0 Å². The van der Waals surface area contributed by atoms with Gasteiger partial charge in [-0.3, -0.25) is 4.98 Å². The Balaban J connectivity index is 1.86. The number of hydrogen-bond acceptors (Lipinski definition) is 5. The second-order valence-electron chi connectivity index (χ2n) is 4.29. The Bertz CT molecular complexity index is 741. The second-order valence-corrected chi connectivity index (χ2v) is 5.20. The van der Waals surface area contributed by atoms with Gasteiger partial charge >= 0.3 is 0 Å². The van der Waals surface area contributed by atoms with Crippen molar-refractivity contribution in [3.63, 3.8) is 0 Å². The van der Waals surface area contributed by atoms with E-state index in [4.69, 9.17) is 10.3 Å². The van der Waals surface area contributed by atoms with Crippen molar-refractivity contribution in [2.45, 2.75) is 6.42 Å². The quantitative estimate of drug-likeness (QED) is 0.798. The molecule has 3 aromatic rings.